The van der Waals surface area contributed by atoms with Crippen molar-refractivity contribution < 1.29 is 9.53 Å². The lowest BCUT2D eigenvalue weighted by Crippen LogP contribution is -2.42. The highest BCUT2D eigenvalue weighted by Gasteiger charge is 2.25. The molecule has 3 rings (SSSR count). The Morgan fingerprint density at radius 2 is 2.19 bits per heavy atom. The van der Waals surface area contributed by atoms with Crippen LogP contribution in [0.4, 0.5) is 0 Å². The second-order valence-electron chi connectivity index (χ2n) is 6.65. The molecule has 1 heterocycles. The molecule has 0 saturated heterocycles. The van der Waals surface area contributed by atoms with Crippen molar-refractivity contribution in [2.75, 3.05) is 20.2 Å². The van der Waals surface area contributed by atoms with Gasteiger partial charge in [0.25, 0.3) is 5.91 Å². The predicted molar refractivity (Wildman–Crippen MR) is 107 cm³/mol. The molecule has 1 aromatic carbocycles. The molecular formula is C20H25N3O3S. The van der Waals surface area contributed by atoms with Crippen molar-refractivity contribution in [3.63, 3.8) is 0 Å². The Kier molecular flexibility index (Phi) is 6.95. The first-order chi connectivity index (χ1) is 13.2. The zero-order chi connectivity index (χ0) is 19.1. The maximum atomic E-state index is 12.8. The van der Waals surface area contributed by atoms with Crippen LogP contribution in [0.5, 0.6) is 5.75 Å². The number of nitrogens with zero attached hydrogens (tertiary/aromatic N) is 2. The van der Waals surface area contributed by atoms with Gasteiger partial charge in [0.1, 0.15) is 5.75 Å². The van der Waals surface area contributed by atoms with Gasteiger partial charge >= 0.3 is 0 Å². The molecule has 0 spiro atoms. The van der Waals surface area contributed by atoms with Crippen LogP contribution in [-0.4, -0.2) is 37.2 Å². The fourth-order valence-corrected chi connectivity index (χ4v) is 4.04. The third-order valence-electron chi connectivity index (χ3n) is 4.79. The van der Waals surface area contributed by atoms with Crippen LogP contribution in [0.3, 0.4) is 0 Å². The summed E-state index contributed by atoms with van der Waals surface area (Å²) in [4.78, 5) is 26.7. The molecule has 7 heteroatoms. The molecule has 0 fully saturated rings. The van der Waals surface area contributed by atoms with E-state index in [1.54, 1.807) is 11.3 Å². The molecule has 1 aliphatic carbocycles. The molecule has 0 radical (unpaired) electrons. The summed E-state index contributed by atoms with van der Waals surface area (Å²) in [6, 6.07) is 9.90. The van der Waals surface area contributed by atoms with Crippen molar-refractivity contribution >= 4 is 17.2 Å². The Hall–Kier alpha value is -2.25. The number of carbonyl (C=O) groups excluding carboxylic acids is 1. The Balaban J connectivity index is 1.66. The number of nitrogens with one attached hydrogen (secondary N) is 1. The number of hydrogen-bond donors (Lipinski definition) is 1. The number of aryl methyl sites for hydroxylation is 2. The number of thiophene rings is 1. The van der Waals surface area contributed by atoms with E-state index in [0.29, 0.717) is 25.3 Å². The molecule has 1 amide bonds. The molecular weight excluding hydrogens is 362 g/mol. The number of amides is 1. The molecule has 1 unspecified atom stereocenters. The lowest BCUT2D eigenvalue weighted by molar-refractivity contribution is -0.136. The average molecular weight is 388 g/mol. The van der Waals surface area contributed by atoms with Gasteiger partial charge in [0, 0.05) is 11.3 Å². The molecule has 1 N–H and O–H groups in total. The van der Waals surface area contributed by atoms with Gasteiger partial charge in [0.15, 0.2) is 12.8 Å². The largest absolute Gasteiger partial charge is 0.484 e. The molecule has 6 nitrogen and oxygen atoms in total. The lowest BCUT2D eigenvalue weighted by Gasteiger charge is -2.26. The zero-order valence-electron chi connectivity index (χ0n) is 15.5. The van der Waals surface area contributed by atoms with Gasteiger partial charge in [0.05, 0.1) is 6.54 Å². The van der Waals surface area contributed by atoms with E-state index in [2.05, 4.69) is 16.6 Å². The molecule has 0 bridgehead atoms. The third-order valence-corrected chi connectivity index (χ3v) is 5.65. The monoisotopic (exact) mass is 387 g/mol. The summed E-state index contributed by atoms with van der Waals surface area (Å²) in [7, 11) is 1.81. The van der Waals surface area contributed by atoms with Crippen molar-refractivity contribution in [1.29, 1.82) is 0 Å². The number of carbonyl (C=O) groups is 1. The highest BCUT2D eigenvalue weighted by atomic mass is 32.1. The summed E-state index contributed by atoms with van der Waals surface area (Å²) in [5.74, 6) is 0.468. The summed E-state index contributed by atoms with van der Waals surface area (Å²) in [6.07, 6.45) is 3.10. The van der Waals surface area contributed by atoms with Gasteiger partial charge in [-0.05, 0) is 72.7 Å². The van der Waals surface area contributed by atoms with Crippen molar-refractivity contribution in [2.45, 2.75) is 38.4 Å². The van der Waals surface area contributed by atoms with Gasteiger partial charge in [-0.25, -0.2) is 0 Å². The molecule has 2 aromatic rings. The van der Waals surface area contributed by atoms with E-state index in [0.717, 1.165) is 17.7 Å². The number of nitroso groups, excluding NO2 is 1. The maximum absolute atomic E-state index is 12.8. The van der Waals surface area contributed by atoms with E-state index in [4.69, 9.17) is 4.74 Å². The van der Waals surface area contributed by atoms with Crippen LogP contribution in [0.15, 0.2) is 40.9 Å². The quantitative estimate of drug-likeness (QED) is 0.635. The van der Waals surface area contributed by atoms with Crippen LogP contribution in [0, 0.1) is 4.91 Å². The van der Waals surface area contributed by atoms with Crippen LogP contribution in [0.1, 0.15) is 28.8 Å². The van der Waals surface area contributed by atoms with Gasteiger partial charge in [-0.3, -0.25) is 4.79 Å². The fraction of sp³-hybridized carbons (Fsp3) is 0.450. The molecule has 1 aromatic heterocycles. The molecule has 1 atom stereocenters. The number of fused-ring (bicyclic) bond motifs is 1. The van der Waals surface area contributed by atoms with E-state index >= 15 is 0 Å². The highest BCUT2D eigenvalue weighted by Crippen LogP contribution is 2.26. The van der Waals surface area contributed by atoms with Crippen LogP contribution in [0.25, 0.3) is 0 Å². The van der Waals surface area contributed by atoms with E-state index in [1.807, 2.05) is 36.7 Å². The van der Waals surface area contributed by atoms with Crippen molar-refractivity contribution in [3.05, 3.63) is 56.6 Å². The molecule has 144 valence electrons. The van der Waals surface area contributed by atoms with Gasteiger partial charge in [-0.15, -0.1) is 16.2 Å². The number of hydrogen-bond acceptors (Lipinski definition) is 6. The zero-order valence-corrected chi connectivity index (χ0v) is 16.3. The Labute approximate surface area is 163 Å². The molecule has 27 heavy (non-hydrogen) atoms. The first-order valence-corrected chi connectivity index (χ1v) is 10.1. The average Bonchev–Trinajstić information content (AvgIpc) is 3.36. The maximum Gasteiger partial charge on any atom is 0.262 e. The molecule has 0 saturated carbocycles. The Bertz CT molecular complexity index is 764. The first-order valence-electron chi connectivity index (χ1n) is 9.24. The summed E-state index contributed by atoms with van der Waals surface area (Å²) >= 11 is 1.55. The SMILES string of the molecule is CNCCC(N=O)N(Cc1cccs1)C(=O)COc1ccc2c(c1)CCC2. The number of ether oxygens (including phenoxy) is 1. The summed E-state index contributed by atoms with van der Waals surface area (Å²) in [5.41, 5.74) is 2.67. The topological polar surface area (TPSA) is 71.0 Å². The van der Waals surface area contributed by atoms with E-state index in [9.17, 15) is 9.70 Å². The van der Waals surface area contributed by atoms with Gasteiger partial charge in [-0.1, -0.05) is 12.1 Å². The van der Waals surface area contributed by atoms with Crippen molar-refractivity contribution in [3.8, 4) is 5.75 Å². The minimum atomic E-state index is -0.712. The van der Waals surface area contributed by atoms with Gasteiger partial charge in [-0.2, -0.15) is 0 Å². The van der Waals surface area contributed by atoms with Crippen molar-refractivity contribution in [1.82, 2.24) is 10.2 Å². The fourth-order valence-electron chi connectivity index (χ4n) is 3.34. The minimum absolute atomic E-state index is 0.101. The predicted octanol–water partition coefficient (Wildman–Crippen LogP) is 3.35. The van der Waals surface area contributed by atoms with Crippen LogP contribution in [-0.2, 0) is 24.2 Å². The van der Waals surface area contributed by atoms with Crippen LogP contribution >= 0.6 is 11.3 Å². The van der Waals surface area contributed by atoms with Gasteiger partial charge in [0.2, 0.25) is 0 Å². The first kappa shape index (κ1) is 19.5. The van der Waals surface area contributed by atoms with E-state index in [1.165, 1.54) is 22.4 Å². The third kappa shape index (κ3) is 5.14. The highest BCUT2D eigenvalue weighted by molar-refractivity contribution is 7.09. The standard InChI is InChI=1S/C20H25N3O3S/c1-21-10-9-19(22-25)23(13-18-6-3-11-27-18)20(24)14-26-17-8-7-15-4-2-5-16(15)12-17/h3,6-8,11-12,19,21H,2,4-5,9-10,13-14H2,1H3. The molecule has 0 aliphatic heterocycles. The van der Waals surface area contributed by atoms with Crippen molar-refractivity contribution in [2.24, 2.45) is 5.18 Å². The van der Waals surface area contributed by atoms with E-state index in [-0.39, 0.29) is 12.5 Å². The Morgan fingerprint density at radius 1 is 1.33 bits per heavy atom. The summed E-state index contributed by atoms with van der Waals surface area (Å²) < 4.78 is 5.75. The lowest BCUT2D eigenvalue weighted by atomic mass is 10.1. The second kappa shape index (κ2) is 9.62. The number of benzene rings is 1. The second-order valence-corrected chi connectivity index (χ2v) is 7.68. The van der Waals surface area contributed by atoms with Gasteiger partial charge < -0.3 is 15.0 Å². The molecule has 1 aliphatic rings. The normalized spacial score (nSPS) is 13.8. The summed E-state index contributed by atoms with van der Waals surface area (Å²) in [5, 5.41) is 8.15. The van der Waals surface area contributed by atoms with Crippen LogP contribution < -0.4 is 10.1 Å². The summed E-state index contributed by atoms with van der Waals surface area (Å²) in [6.45, 7) is 0.871. The van der Waals surface area contributed by atoms with E-state index < -0.39 is 6.17 Å². The number of rotatable bonds is 10. The van der Waals surface area contributed by atoms with Crippen LogP contribution in [0.2, 0.25) is 0 Å². The Morgan fingerprint density at radius 3 is 2.93 bits per heavy atom. The smallest absolute Gasteiger partial charge is 0.262 e. The minimum Gasteiger partial charge on any atom is -0.484 e.